The number of rotatable bonds is 1. The van der Waals surface area contributed by atoms with Crippen LogP contribution in [0.4, 0.5) is 5.69 Å². The summed E-state index contributed by atoms with van der Waals surface area (Å²) in [7, 11) is 2.13. The molecule has 0 saturated carbocycles. The van der Waals surface area contributed by atoms with E-state index in [2.05, 4.69) is 54.4 Å². The minimum Gasteiger partial charge on any atom is -0.360 e. The zero-order chi connectivity index (χ0) is 16.3. The number of thioether (sulfide) groups is 1. The van der Waals surface area contributed by atoms with E-state index in [0.29, 0.717) is 5.78 Å². The predicted molar refractivity (Wildman–Crippen MR) is 100.0 cm³/mol. The lowest BCUT2D eigenvalue weighted by atomic mass is 10.0. The Morgan fingerprint density at radius 1 is 1.00 bits per heavy atom. The van der Waals surface area contributed by atoms with Crippen LogP contribution in [-0.2, 0) is 6.42 Å². The van der Waals surface area contributed by atoms with Crippen LogP contribution < -0.4 is 4.90 Å². The Labute approximate surface area is 145 Å². The van der Waals surface area contributed by atoms with E-state index in [9.17, 15) is 4.79 Å². The van der Waals surface area contributed by atoms with E-state index in [1.165, 1.54) is 26.9 Å². The number of benzene rings is 3. The molecular formula is C21H17NOS. The molecular weight excluding hydrogens is 314 g/mol. The van der Waals surface area contributed by atoms with Crippen LogP contribution in [0.3, 0.4) is 0 Å². The van der Waals surface area contributed by atoms with Crippen LogP contribution in [0.1, 0.15) is 15.9 Å². The Kier molecular flexibility index (Phi) is 3.01. The highest BCUT2D eigenvalue weighted by Gasteiger charge is 2.42. The first-order valence-electron chi connectivity index (χ1n) is 8.27. The van der Waals surface area contributed by atoms with Crippen molar-refractivity contribution in [3.8, 4) is 0 Å². The Bertz CT molecular complexity index is 980. The molecule has 0 N–H and O–H groups in total. The number of carbonyl (C=O) groups excluding carboxylic acids is 1. The van der Waals surface area contributed by atoms with Gasteiger partial charge in [-0.25, -0.2) is 0 Å². The van der Waals surface area contributed by atoms with E-state index in [1.54, 1.807) is 0 Å². The number of nitrogens with zero attached hydrogens (tertiary/aromatic N) is 1. The zero-order valence-corrected chi connectivity index (χ0v) is 14.2. The van der Waals surface area contributed by atoms with Crippen LogP contribution in [0, 0.1) is 5.92 Å². The minimum atomic E-state index is 0.0311. The molecule has 1 heterocycles. The van der Waals surface area contributed by atoms with Gasteiger partial charge in [-0.15, -0.1) is 0 Å². The van der Waals surface area contributed by atoms with Crippen LogP contribution >= 0.6 is 11.8 Å². The average Bonchev–Trinajstić information content (AvgIpc) is 3.13. The third kappa shape index (κ3) is 1.88. The fourth-order valence-electron chi connectivity index (χ4n) is 4.08. The smallest absolute Gasteiger partial charge is 0.169 e. The quantitative estimate of drug-likeness (QED) is 0.641. The largest absolute Gasteiger partial charge is 0.360 e. The average molecular weight is 331 g/mol. The van der Waals surface area contributed by atoms with Gasteiger partial charge in [0.05, 0.1) is 17.0 Å². The third-order valence-electron chi connectivity index (χ3n) is 5.25. The standard InChI is InChI=1S/C21H17NOS/c1-22-19-15-8-4-2-6-13(15)10-11-18(19)24-21(22)17-12-14-7-3-5-9-16(14)20(17)23/h2-11,17,21H,12H2,1H3. The molecule has 2 unspecified atom stereocenters. The van der Waals surface area contributed by atoms with Crippen molar-refractivity contribution >= 4 is 34.0 Å². The van der Waals surface area contributed by atoms with Gasteiger partial charge in [0.1, 0.15) is 0 Å². The normalized spacial score (nSPS) is 22.0. The van der Waals surface area contributed by atoms with Gasteiger partial charge in [-0.05, 0) is 23.4 Å². The van der Waals surface area contributed by atoms with Gasteiger partial charge < -0.3 is 4.90 Å². The summed E-state index contributed by atoms with van der Waals surface area (Å²) in [4.78, 5) is 16.5. The second kappa shape index (κ2) is 5.12. The van der Waals surface area contributed by atoms with Crippen molar-refractivity contribution in [2.24, 2.45) is 5.92 Å². The Balaban J connectivity index is 1.56. The maximum absolute atomic E-state index is 12.9. The van der Waals surface area contributed by atoms with Crippen molar-refractivity contribution in [1.82, 2.24) is 0 Å². The van der Waals surface area contributed by atoms with E-state index < -0.39 is 0 Å². The predicted octanol–water partition coefficient (Wildman–Crippen LogP) is 4.76. The van der Waals surface area contributed by atoms with E-state index in [4.69, 9.17) is 0 Å². The van der Waals surface area contributed by atoms with E-state index in [1.807, 2.05) is 30.0 Å². The van der Waals surface area contributed by atoms with Crippen molar-refractivity contribution in [3.63, 3.8) is 0 Å². The Morgan fingerprint density at radius 3 is 2.67 bits per heavy atom. The van der Waals surface area contributed by atoms with E-state index >= 15 is 0 Å². The van der Waals surface area contributed by atoms with Crippen molar-refractivity contribution < 1.29 is 4.79 Å². The summed E-state index contributed by atoms with van der Waals surface area (Å²) in [5, 5.41) is 2.70. The summed E-state index contributed by atoms with van der Waals surface area (Å²) < 4.78 is 0. The fourth-order valence-corrected chi connectivity index (χ4v) is 5.50. The maximum atomic E-state index is 12.9. The Hall–Kier alpha value is -2.26. The van der Waals surface area contributed by atoms with Gasteiger partial charge in [0, 0.05) is 22.9 Å². The summed E-state index contributed by atoms with van der Waals surface area (Å²) in [6.07, 6.45) is 0.850. The van der Waals surface area contributed by atoms with Crippen LogP contribution in [0.15, 0.2) is 65.6 Å². The highest BCUT2D eigenvalue weighted by atomic mass is 32.2. The molecule has 2 aliphatic rings. The molecule has 0 aromatic heterocycles. The van der Waals surface area contributed by atoms with E-state index in [0.717, 1.165) is 12.0 Å². The molecule has 0 saturated heterocycles. The maximum Gasteiger partial charge on any atom is 0.169 e. The first kappa shape index (κ1) is 14.1. The second-order valence-electron chi connectivity index (χ2n) is 6.58. The molecule has 1 aliphatic heterocycles. The van der Waals surface area contributed by atoms with Gasteiger partial charge in [0.15, 0.2) is 5.78 Å². The molecule has 118 valence electrons. The van der Waals surface area contributed by atoms with Crippen molar-refractivity contribution in [2.45, 2.75) is 16.7 Å². The van der Waals surface area contributed by atoms with Gasteiger partial charge in [-0.1, -0.05) is 66.4 Å². The lowest BCUT2D eigenvalue weighted by molar-refractivity contribution is 0.0935. The summed E-state index contributed by atoms with van der Waals surface area (Å²) in [6, 6.07) is 20.9. The SMILES string of the molecule is CN1c2c(ccc3ccccc23)SC1C1Cc2ccccc2C1=O. The fraction of sp³-hybridized carbons (Fsp3) is 0.190. The number of carbonyl (C=O) groups is 1. The van der Waals surface area contributed by atoms with Crippen LogP contribution in [0.5, 0.6) is 0 Å². The highest BCUT2D eigenvalue weighted by molar-refractivity contribution is 8.00. The molecule has 24 heavy (non-hydrogen) atoms. The third-order valence-corrected chi connectivity index (χ3v) is 6.72. The first-order valence-corrected chi connectivity index (χ1v) is 9.15. The molecule has 3 aromatic rings. The van der Waals surface area contributed by atoms with Crippen LogP contribution in [0.25, 0.3) is 10.8 Å². The van der Waals surface area contributed by atoms with Gasteiger partial charge in [0.25, 0.3) is 0 Å². The number of Topliss-reactive ketones (excluding diaryl/α,β-unsaturated/α-hetero) is 1. The van der Waals surface area contributed by atoms with Gasteiger partial charge in [0.2, 0.25) is 0 Å². The molecule has 2 atom stereocenters. The number of hydrogen-bond donors (Lipinski definition) is 0. The van der Waals surface area contributed by atoms with Crippen LogP contribution in [-0.4, -0.2) is 18.2 Å². The molecule has 0 spiro atoms. The lowest BCUT2D eigenvalue weighted by Gasteiger charge is -2.26. The molecule has 0 fully saturated rings. The topological polar surface area (TPSA) is 20.3 Å². The summed E-state index contributed by atoms with van der Waals surface area (Å²) in [5.74, 6) is 0.329. The molecule has 0 bridgehead atoms. The molecule has 5 rings (SSSR count). The van der Waals surface area contributed by atoms with Crippen molar-refractivity contribution in [3.05, 3.63) is 71.8 Å². The number of hydrogen-bond acceptors (Lipinski definition) is 3. The van der Waals surface area contributed by atoms with Crippen molar-refractivity contribution in [1.29, 1.82) is 0 Å². The number of anilines is 1. The minimum absolute atomic E-state index is 0.0311. The molecule has 3 aromatic carbocycles. The summed E-state index contributed by atoms with van der Waals surface area (Å²) in [6.45, 7) is 0. The lowest BCUT2D eigenvalue weighted by Crippen LogP contribution is -2.35. The van der Waals surface area contributed by atoms with Gasteiger partial charge >= 0.3 is 0 Å². The van der Waals surface area contributed by atoms with Gasteiger partial charge in [-0.2, -0.15) is 0 Å². The molecule has 3 heteroatoms. The van der Waals surface area contributed by atoms with Crippen LogP contribution in [0.2, 0.25) is 0 Å². The first-order chi connectivity index (χ1) is 11.7. The summed E-state index contributed by atoms with van der Waals surface area (Å²) in [5.41, 5.74) is 3.38. The number of fused-ring (bicyclic) bond motifs is 4. The molecule has 1 aliphatic carbocycles. The monoisotopic (exact) mass is 331 g/mol. The number of ketones is 1. The summed E-state index contributed by atoms with van der Waals surface area (Å²) >= 11 is 1.84. The van der Waals surface area contributed by atoms with Crippen molar-refractivity contribution in [2.75, 3.05) is 11.9 Å². The van der Waals surface area contributed by atoms with Gasteiger partial charge in [-0.3, -0.25) is 4.79 Å². The highest BCUT2D eigenvalue weighted by Crippen LogP contribution is 2.50. The molecule has 0 amide bonds. The second-order valence-corrected chi connectivity index (χ2v) is 7.74. The Morgan fingerprint density at radius 2 is 1.79 bits per heavy atom. The molecule has 0 radical (unpaired) electrons. The molecule has 2 nitrogen and oxygen atoms in total. The zero-order valence-electron chi connectivity index (χ0n) is 13.4. The van der Waals surface area contributed by atoms with E-state index in [-0.39, 0.29) is 11.3 Å².